The molecule has 1 N–H and O–H groups in total. The summed E-state index contributed by atoms with van der Waals surface area (Å²) in [6, 6.07) is 7.52. The number of Topliss-reactive ketones (excluding diaryl/α,β-unsaturated/α-hetero) is 1. The van der Waals surface area contributed by atoms with Gasteiger partial charge >= 0.3 is 0 Å². The van der Waals surface area contributed by atoms with E-state index in [2.05, 4.69) is 4.98 Å². The molecule has 4 heteroatoms. The van der Waals surface area contributed by atoms with Crippen molar-refractivity contribution in [2.75, 3.05) is 6.61 Å². The van der Waals surface area contributed by atoms with Crippen LogP contribution < -0.4 is 0 Å². The lowest BCUT2D eigenvalue weighted by Gasteiger charge is -1.85. The Kier molecular flexibility index (Phi) is 2.08. The van der Waals surface area contributed by atoms with Crippen LogP contribution in [-0.2, 0) is 0 Å². The number of fused-ring (bicyclic) bond motifs is 1. The maximum Gasteiger partial charge on any atom is 0.216 e. The molecule has 0 amide bonds. The van der Waals surface area contributed by atoms with Gasteiger partial charge in [-0.3, -0.25) is 4.79 Å². The molecule has 0 saturated heterocycles. The van der Waals surface area contributed by atoms with Crippen LogP contribution in [0, 0.1) is 0 Å². The summed E-state index contributed by atoms with van der Waals surface area (Å²) in [4.78, 5) is 15.2. The average Bonchev–Trinajstić information content (AvgIpc) is 2.59. The fourth-order valence-corrected chi connectivity index (χ4v) is 1.95. The number of hydrogen-bond donors (Lipinski definition) is 1. The first-order valence-electron chi connectivity index (χ1n) is 3.81. The number of benzene rings is 1. The summed E-state index contributed by atoms with van der Waals surface area (Å²) in [6.07, 6.45) is 0. The summed E-state index contributed by atoms with van der Waals surface area (Å²) in [5.41, 5.74) is 0.810. The number of thiazole rings is 1. The zero-order valence-electron chi connectivity index (χ0n) is 6.73. The molecule has 0 fully saturated rings. The third kappa shape index (κ3) is 1.46. The van der Waals surface area contributed by atoms with Crippen molar-refractivity contribution in [2.45, 2.75) is 0 Å². The maximum absolute atomic E-state index is 11.1. The van der Waals surface area contributed by atoms with Gasteiger partial charge in [0.2, 0.25) is 5.78 Å². The molecule has 0 aliphatic heterocycles. The van der Waals surface area contributed by atoms with Crippen molar-refractivity contribution >= 4 is 27.3 Å². The van der Waals surface area contributed by atoms with E-state index in [0.29, 0.717) is 5.01 Å². The molecule has 0 bridgehead atoms. The van der Waals surface area contributed by atoms with Crippen molar-refractivity contribution < 1.29 is 9.90 Å². The summed E-state index contributed by atoms with van der Waals surface area (Å²) >= 11 is 1.31. The van der Waals surface area contributed by atoms with E-state index in [9.17, 15) is 4.79 Å². The van der Waals surface area contributed by atoms with Crippen molar-refractivity contribution in [3.63, 3.8) is 0 Å². The molecule has 0 spiro atoms. The van der Waals surface area contributed by atoms with Gasteiger partial charge in [-0.2, -0.15) is 0 Å². The first-order valence-corrected chi connectivity index (χ1v) is 4.62. The molecule has 0 saturated carbocycles. The van der Waals surface area contributed by atoms with Crippen LogP contribution >= 0.6 is 11.3 Å². The van der Waals surface area contributed by atoms with E-state index >= 15 is 0 Å². The Balaban J connectivity index is 2.56. The molecular formula is C9H7NO2S. The van der Waals surface area contributed by atoms with Crippen molar-refractivity contribution in [2.24, 2.45) is 0 Å². The predicted molar refractivity (Wildman–Crippen MR) is 51.0 cm³/mol. The second kappa shape index (κ2) is 3.24. The largest absolute Gasteiger partial charge is 0.388 e. The van der Waals surface area contributed by atoms with Gasteiger partial charge in [-0.1, -0.05) is 12.1 Å². The molecule has 0 unspecified atom stereocenters. The average molecular weight is 193 g/mol. The quantitative estimate of drug-likeness (QED) is 0.735. The zero-order valence-corrected chi connectivity index (χ0v) is 7.54. The topological polar surface area (TPSA) is 50.2 Å². The SMILES string of the molecule is O=C(CO)c1nc2ccccc2s1. The third-order valence-corrected chi connectivity index (χ3v) is 2.75. The van der Waals surface area contributed by atoms with Crippen LogP contribution in [0.1, 0.15) is 9.80 Å². The Labute approximate surface area is 78.7 Å². The second-order valence-electron chi connectivity index (χ2n) is 2.57. The maximum atomic E-state index is 11.1. The van der Waals surface area contributed by atoms with Crippen molar-refractivity contribution in [1.29, 1.82) is 0 Å². The molecule has 13 heavy (non-hydrogen) atoms. The monoisotopic (exact) mass is 193 g/mol. The fourth-order valence-electron chi connectivity index (χ4n) is 1.06. The summed E-state index contributed by atoms with van der Waals surface area (Å²) < 4.78 is 0.972. The molecule has 2 aromatic rings. The van der Waals surface area contributed by atoms with Crippen LogP contribution in [0.5, 0.6) is 0 Å². The van der Waals surface area contributed by atoms with Crippen LogP contribution in [0.2, 0.25) is 0 Å². The van der Waals surface area contributed by atoms with Gasteiger partial charge in [0.15, 0.2) is 5.01 Å². The first-order chi connectivity index (χ1) is 6.31. The normalized spacial score (nSPS) is 10.5. The Hall–Kier alpha value is -1.26. The van der Waals surface area contributed by atoms with Gasteiger partial charge in [0, 0.05) is 0 Å². The van der Waals surface area contributed by atoms with Crippen molar-refractivity contribution in [1.82, 2.24) is 4.98 Å². The minimum absolute atomic E-state index is 0.318. The number of carbonyl (C=O) groups is 1. The number of aliphatic hydroxyl groups is 1. The molecule has 1 heterocycles. The van der Waals surface area contributed by atoms with Gasteiger partial charge in [0.05, 0.1) is 10.2 Å². The smallest absolute Gasteiger partial charge is 0.216 e. The zero-order chi connectivity index (χ0) is 9.26. The number of aromatic nitrogens is 1. The van der Waals surface area contributed by atoms with Crippen LogP contribution in [0.15, 0.2) is 24.3 Å². The van der Waals surface area contributed by atoms with E-state index in [0.717, 1.165) is 10.2 Å². The van der Waals surface area contributed by atoms with Gasteiger partial charge in [-0.15, -0.1) is 11.3 Å². The van der Waals surface area contributed by atoms with Crippen LogP contribution in [0.25, 0.3) is 10.2 Å². The standard InChI is InChI=1S/C9H7NO2S/c11-5-7(12)9-10-6-3-1-2-4-8(6)13-9/h1-4,11H,5H2. The molecule has 66 valence electrons. The Morgan fingerprint density at radius 2 is 2.23 bits per heavy atom. The number of rotatable bonds is 2. The molecule has 0 aliphatic carbocycles. The molecule has 0 aliphatic rings. The van der Waals surface area contributed by atoms with Crippen LogP contribution in [0.3, 0.4) is 0 Å². The number of nitrogens with zero attached hydrogens (tertiary/aromatic N) is 1. The van der Waals surface area contributed by atoms with Gasteiger partial charge in [-0.25, -0.2) is 4.98 Å². The van der Waals surface area contributed by atoms with Gasteiger partial charge in [-0.05, 0) is 12.1 Å². The highest BCUT2D eigenvalue weighted by atomic mass is 32.1. The molecule has 0 atom stereocenters. The van der Waals surface area contributed by atoms with Crippen molar-refractivity contribution in [3.8, 4) is 0 Å². The number of hydrogen-bond acceptors (Lipinski definition) is 4. The molecule has 1 aromatic heterocycles. The van der Waals surface area contributed by atoms with Gasteiger partial charge in [0.1, 0.15) is 6.61 Å². The lowest BCUT2D eigenvalue weighted by molar-refractivity contribution is 0.0903. The summed E-state index contributed by atoms with van der Waals surface area (Å²) in [6.45, 7) is -0.472. The fraction of sp³-hybridized carbons (Fsp3) is 0.111. The Morgan fingerprint density at radius 1 is 1.46 bits per heavy atom. The van der Waals surface area contributed by atoms with Crippen LogP contribution in [-0.4, -0.2) is 22.5 Å². The molecule has 1 aromatic carbocycles. The number of carbonyl (C=O) groups excluding carboxylic acids is 1. The van der Waals surface area contributed by atoms with Gasteiger partial charge < -0.3 is 5.11 Å². The van der Waals surface area contributed by atoms with E-state index in [1.165, 1.54) is 11.3 Å². The Bertz CT molecular complexity index is 417. The van der Waals surface area contributed by atoms with E-state index < -0.39 is 6.61 Å². The Morgan fingerprint density at radius 3 is 2.92 bits per heavy atom. The predicted octanol–water partition coefficient (Wildman–Crippen LogP) is 1.47. The van der Waals surface area contributed by atoms with Crippen LogP contribution in [0.4, 0.5) is 0 Å². The summed E-state index contributed by atoms with van der Waals surface area (Å²) in [7, 11) is 0. The molecule has 3 nitrogen and oxygen atoms in total. The summed E-state index contributed by atoms with van der Waals surface area (Å²) in [5, 5.41) is 9.01. The second-order valence-corrected chi connectivity index (χ2v) is 3.60. The first kappa shape index (κ1) is 8.34. The lowest BCUT2D eigenvalue weighted by Crippen LogP contribution is -2.02. The van der Waals surface area contributed by atoms with E-state index in [4.69, 9.17) is 5.11 Å². The molecule has 2 rings (SSSR count). The van der Waals surface area contributed by atoms with Crippen molar-refractivity contribution in [3.05, 3.63) is 29.3 Å². The molecular weight excluding hydrogens is 186 g/mol. The highest BCUT2D eigenvalue weighted by Gasteiger charge is 2.09. The van der Waals surface area contributed by atoms with E-state index in [1.54, 1.807) is 0 Å². The van der Waals surface area contributed by atoms with E-state index in [-0.39, 0.29) is 5.78 Å². The third-order valence-electron chi connectivity index (χ3n) is 1.68. The van der Waals surface area contributed by atoms with Gasteiger partial charge in [0.25, 0.3) is 0 Å². The lowest BCUT2D eigenvalue weighted by atomic mass is 10.3. The minimum Gasteiger partial charge on any atom is -0.388 e. The number of ketones is 1. The minimum atomic E-state index is -0.472. The number of aliphatic hydroxyl groups excluding tert-OH is 1. The highest BCUT2D eigenvalue weighted by molar-refractivity contribution is 7.20. The highest BCUT2D eigenvalue weighted by Crippen LogP contribution is 2.21. The molecule has 0 radical (unpaired) electrons. The summed E-state index contributed by atoms with van der Waals surface area (Å²) in [5.74, 6) is -0.318. The van der Waals surface area contributed by atoms with E-state index in [1.807, 2.05) is 24.3 Å². The number of para-hydroxylation sites is 1.